The van der Waals surface area contributed by atoms with E-state index in [1.54, 1.807) is 12.5 Å². The van der Waals surface area contributed by atoms with Crippen LogP contribution in [0.1, 0.15) is 39.5 Å². The molecule has 0 saturated carbocycles. The van der Waals surface area contributed by atoms with Crippen molar-refractivity contribution in [2.75, 3.05) is 6.54 Å². The average Bonchev–Trinajstić information content (AvgIpc) is 3.04. The molecule has 2 rings (SSSR count). The van der Waals surface area contributed by atoms with Crippen molar-refractivity contribution in [1.29, 1.82) is 0 Å². The largest absolute Gasteiger partial charge is 0.339 e. The van der Waals surface area contributed by atoms with Gasteiger partial charge in [-0.05, 0) is 25.3 Å². The van der Waals surface area contributed by atoms with E-state index in [1.165, 1.54) is 0 Å². The number of aryl methyl sites for hydroxylation is 1. The second-order valence-electron chi connectivity index (χ2n) is 5.89. The van der Waals surface area contributed by atoms with Gasteiger partial charge in [0.05, 0.1) is 12.5 Å². The van der Waals surface area contributed by atoms with E-state index in [0.717, 1.165) is 31.5 Å². The summed E-state index contributed by atoms with van der Waals surface area (Å²) in [6.45, 7) is 7.65. The van der Waals surface area contributed by atoms with Crippen LogP contribution < -0.4 is 5.32 Å². The number of rotatable bonds is 8. The molecular weight excluding hydrogens is 266 g/mol. The number of nitrogens with one attached hydrogen (secondary N) is 1. The summed E-state index contributed by atoms with van der Waals surface area (Å²) in [5, 5.41) is 7.62. The highest BCUT2D eigenvalue weighted by molar-refractivity contribution is 5.46. The normalized spacial score (nSPS) is 13.0. The Morgan fingerprint density at radius 2 is 2.19 bits per heavy atom. The molecule has 0 aliphatic heterocycles. The molecule has 2 aromatic rings. The van der Waals surface area contributed by atoms with Gasteiger partial charge in [0.15, 0.2) is 0 Å². The van der Waals surface area contributed by atoms with Crippen LogP contribution in [0.4, 0.5) is 0 Å². The third-order valence-corrected chi connectivity index (χ3v) is 3.37. The zero-order valence-electron chi connectivity index (χ0n) is 13.3. The maximum atomic E-state index is 5.39. The molecular formula is C15H25N5O. The molecule has 0 radical (unpaired) electrons. The first kappa shape index (κ1) is 15.7. The molecule has 1 unspecified atom stereocenters. The Kier molecular flexibility index (Phi) is 5.50. The fourth-order valence-corrected chi connectivity index (χ4v) is 2.38. The molecule has 0 amide bonds. The Morgan fingerprint density at radius 3 is 2.81 bits per heavy atom. The predicted octanol–water partition coefficient (Wildman–Crippen LogP) is 2.43. The van der Waals surface area contributed by atoms with E-state index in [1.807, 2.05) is 11.6 Å². The Labute approximate surface area is 126 Å². The third kappa shape index (κ3) is 4.39. The van der Waals surface area contributed by atoms with Crippen molar-refractivity contribution in [1.82, 2.24) is 25.0 Å². The standard InChI is InChI=1S/C15H25N5O/c1-5-6-17-12(7-11(2)3)8-14-18-15(19-21-14)13-9-16-10-20(13)4/h9-12,17H,5-8H2,1-4H3. The first-order valence-electron chi connectivity index (χ1n) is 7.62. The molecule has 0 aliphatic rings. The van der Waals surface area contributed by atoms with Crippen LogP contribution in [0.5, 0.6) is 0 Å². The van der Waals surface area contributed by atoms with E-state index in [9.17, 15) is 0 Å². The van der Waals surface area contributed by atoms with E-state index in [4.69, 9.17) is 4.52 Å². The number of nitrogens with zero attached hydrogens (tertiary/aromatic N) is 4. The van der Waals surface area contributed by atoms with Crippen LogP contribution in [0, 0.1) is 5.92 Å². The number of imidazole rings is 1. The van der Waals surface area contributed by atoms with Gasteiger partial charge < -0.3 is 14.4 Å². The summed E-state index contributed by atoms with van der Waals surface area (Å²) in [6, 6.07) is 0.379. The Bertz CT molecular complexity index is 546. The molecule has 0 spiro atoms. The van der Waals surface area contributed by atoms with Crippen LogP contribution in [-0.2, 0) is 13.5 Å². The third-order valence-electron chi connectivity index (χ3n) is 3.37. The first-order chi connectivity index (χ1) is 10.1. The maximum absolute atomic E-state index is 5.39. The van der Waals surface area contributed by atoms with E-state index in [0.29, 0.717) is 23.7 Å². The molecule has 0 saturated heterocycles. The average molecular weight is 291 g/mol. The minimum atomic E-state index is 0.379. The van der Waals surface area contributed by atoms with E-state index >= 15 is 0 Å². The van der Waals surface area contributed by atoms with Gasteiger partial charge in [-0.25, -0.2) is 4.98 Å². The monoisotopic (exact) mass is 291 g/mol. The van der Waals surface area contributed by atoms with Gasteiger partial charge in [-0.1, -0.05) is 25.9 Å². The molecule has 0 aromatic carbocycles. The molecule has 2 aromatic heterocycles. The number of hydrogen-bond acceptors (Lipinski definition) is 5. The maximum Gasteiger partial charge on any atom is 0.228 e. The number of hydrogen-bond donors (Lipinski definition) is 1. The lowest BCUT2D eigenvalue weighted by Gasteiger charge is -2.18. The van der Waals surface area contributed by atoms with Gasteiger partial charge in [0.1, 0.15) is 5.69 Å². The summed E-state index contributed by atoms with van der Waals surface area (Å²) in [6.07, 6.45) is 6.47. The molecule has 6 nitrogen and oxygen atoms in total. The molecule has 21 heavy (non-hydrogen) atoms. The zero-order valence-corrected chi connectivity index (χ0v) is 13.3. The summed E-state index contributed by atoms with van der Waals surface area (Å²) >= 11 is 0. The fraction of sp³-hybridized carbons (Fsp3) is 0.667. The van der Waals surface area contributed by atoms with Gasteiger partial charge >= 0.3 is 0 Å². The van der Waals surface area contributed by atoms with Crippen LogP contribution in [0.3, 0.4) is 0 Å². The first-order valence-corrected chi connectivity index (χ1v) is 7.62. The van der Waals surface area contributed by atoms with Crippen molar-refractivity contribution in [3.8, 4) is 11.5 Å². The highest BCUT2D eigenvalue weighted by Gasteiger charge is 2.17. The van der Waals surface area contributed by atoms with Crippen LogP contribution in [0.15, 0.2) is 17.0 Å². The quantitative estimate of drug-likeness (QED) is 0.809. The minimum absolute atomic E-state index is 0.379. The molecule has 1 N–H and O–H groups in total. The Hall–Kier alpha value is -1.69. The van der Waals surface area contributed by atoms with Crippen molar-refractivity contribution >= 4 is 0 Å². The second-order valence-corrected chi connectivity index (χ2v) is 5.89. The van der Waals surface area contributed by atoms with Crippen molar-refractivity contribution in [3.63, 3.8) is 0 Å². The second kappa shape index (κ2) is 7.36. The molecule has 0 bridgehead atoms. The fourth-order valence-electron chi connectivity index (χ4n) is 2.38. The minimum Gasteiger partial charge on any atom is -0.339 e. The Morgan fingerprint density at radius 1 is 1.38 bits per heavy atom. The molecule has 1 atom stereocenters. The summed E-state index contributed by atoms with van der Waals surface area (Å²) in [5.74, 6) is 1.92. The SMILES string of the molecule is CCCNC(Cc1nc(-c2cncn2C)no1)CC(C)C. The van der Waals surface area contributed by atoms with Gasteiger partial charge in [0.25, 0.3) is 0 Å². The number of aromatic nitrogens is 4. The lowest BCUT2D eigenvalue weighted by atomic mass is 10.0. The van der Waals surface area contributed by atoms with E-state index < -0.39 is 0 Å². The van der Waals surface area contributed by atoms with Gasteiger partial charge in [-0.3, -0.25) is 0 Å². The summed E-state index contributed by atoms with van der Waals surface area (Å²) in [7, 11) is 1.92. The molecule has 6 heteroatoms. The lowest BCUT2D eigenvalue weighted by Crippen LogP contribution is -2.33. The smallest absolute Gasteiger partial charge is 0.228 e. The van der Waals surface area contributed by atoms with Crippen molar-refractivity contribution < 1.29 is 4.52 Å². The van der Waals surface area contributed by atoms with Crippen LogP contribution in [-0.4, -0.2) is 32.3 Å². The Balaban J connectivity index is 2.04. The lowest BCUT2D eigenvalue weighted by molar-refractivity contribution is 0.338. The molecule has 2 heterocycles. The van der Waals surface area contributed by atoms with Crippen molar-refractivity contribution in [2.45, 2.75) is 46.1 Å². The summed E-state index contributed by atoms with van der Waals surface area (Å²) in [4.78, 5) is 8.57. The highest BCUT2D eigenvalue weighted by atomic mass is 16.5. The van der Waals surface area contributed by atoms with Crippen LogP contribution >= 0.6 is 0 Å². The zero-order chi connectivity index (χ0) is 15.2. The topological polar surface area (TPSA) is 68.8 Å². The predicted molar refractivity (Wildman–Crippen MR) is 81.7 cm³/mol. The highest BCUT2D eigenvalue weighted by Crippen LogP contribution is 2.16. The van der Waals surface area contributed by atoms with Gasteiger partial charge in [-0.15, -0.1) is 0 Å². The molecule has 0 fully saturated rings. The summed E-state index contributed by atoms with van der Waals surface area (Å²) < 4.78 is 7.28. The molecule has 0 aliphatic carbocycles. The van der Waals surface area contributed by atoms with Gasteiger partial charge in [-0.2, -0.15) is 4.98 Å². The molecule has 116 valence electrons. The van der Waals surface area contributed by atoms with Crippen LogP contribution in [0.2, 0.25) is 0 Å². The van der Waals surface area contributed by atoms with Crippen molar-refractivity contribution in [3.05, 3.63) is 18.4 Å². The van der Waals surface area contributed by atoms with E-state index in [2.05, 4.69) is 41.2 Å². The van der Waals surface area contributed by atoms with Crippen LogP contribution in [0.25, 0.3) is 11.5 Å². The van der Waals surface area contributed by atoms with Gasteiger partial charge in [0, 0.05) is 19.5 Å². The van der Waals surface area contributed by atoms with Crippen molar-refractivity contribution in [2.24, 2.45) is 13.0 Å². The van der Waals surface area contributed by atoms with E-state index in [-0.39, 0.29) is 0 Å². The van der Waals surface area contributed by atoms with Gasteiger partial charge in [0.2, 0.25) is 11.7 Å². The summed E-state index contributed by atoms with van der Waals surface area (Å²) in [5.41, 5.74) is 0.868.